The lowest BCUT2D eigenvalue weighted by Gasteiger charge is -2.36. The van der Waals surface area contributed by atoms with E-state index < -0.39 is 0 Å². The van der Waals surface area contributed by atoms with Crippen LogP contribution < -0.4 is 4.90 Å². The maximum atomic E-state index is 13.2. The molecule has 3 fully saturated rings. The van der Waals surface area contributed by atoms with Gasteiger partial charge in [-0.15, -0.1) is 0 Å². The molecule has 7 heteroatoms. The summed E-state index contributed by atoms with van der Waals surface area (Å²) < 4.78 is 5.24. The number of likely N-dealkylation sites (tertiary alicyclic amines) is 2. The molecule has 192 valence electrons. The van der Waals surface area contributed by atoms with Gasteiger partial charge in [0, 0.05) is 0 Å². The molecule has 1 aromatic carbocycles. The van der Waals surface area contributed by atoms with Gasteiger partial charge in [-0.05, 0) is 107 Å². The molecule has 0 bridgehead atoms. The van der Waals surface area contributed by atoms with Gasteiger partial charge in [0.25, 0.3) is 5.91 Å². The van der Waals surface area contributed by atoms with Crippen LogP contribution in [0.3, 0.4) is 0 Å². The molecule has 3 aliphatic heterocycles. The molecule has 0 unspecified atom stereocenters. The van der Waals surface area contributed by atoms with E-state index in [1.807, 2.05) is 6.92 Å². The second-order valence-corrected chi connectivity index (χ2v) is 10.6. The Hall–Kier alpha value is -2.25. The fraction of sp³-hybridized carbons (Fsp3) is 0.679. The summed E-state index contributed by atoms with van der Waals surface area (Å²) in [5.74, 6) is 0.887. The molecule has 1 aromatic rings. The Bertz CT molecular complexity index is 871. The summed E-state index contributed by atoms with van der Waals surface area (Å²) in [6.07, 6.45) is 8.08. The number of imide groups is 1. The number of ether oxygens (including phenoxy) is 1. The summed E-state index contributed by atoms with van der Waals surface area (Å²) >= 11 is 0. The number of nitrogens with zero attached hydrogens (tertiary/aromatic N) is 3. The van der Waals surface area contributed by atoms with E-state index in [1.165, 1.54) is 43.8 Å². The van der Waals surface area contributed by atoms with Gasteiger partial charge >= 0.3 is 5.97 Å². The van der Waals surface area contributed by atoms with Crippen LogP contribution in [0.5, 0.6) is 0 Å². The Morgan fingerprint density at radius 2 is 1.69 bits per heavy atom. The van der Waals surface area contributed by atoms with Gasteiger partial charge in [-0.1, -0.05) is 20.3 Å². The van der Waals surface area contributed by atoms with Crippen LogP contribution in [-0.2, 0) is 14.3 Å². The number of hydrogen-bond acceptors (Lipinski definition) is 6. The zero-order valence-electron chi connectivity index (χ0n) is 21.4. The van der Waals surface area contributed by atoms with Crippen molar-refractivity contribution in [1.82, 2.24) is 9.80 Å². The average Bonchev–Trinajstić information content (AvgIpc) is 3.17. The molecule has 35 heavy (non-hydrogen) atoms. The lowest BCUT2D eigenvalue weighted by molar-refractivity contribution is -0.123. The van der Waals surface area contributed by atoms with Crippen LogP contribution in [0.2, 0.25) is 0 Å². The fourth-order valence-corrected chi connectivity index (χ4v) is 5.52. The third kappa shape index (κ3) is 6.50. The van der Waals surface area contributed by atoms with Gasteiger partial charge in [0.1, 0.15) is 0 Å². The first-order valence-electron chi connectivity index (χ1n) is 13.6. The van der Waals surface area contributed by atoms with Gasteiger partial charge in [0.2, 0.25) is 5.91 Å². The molecule has 0 N–H and O–H groups in total. The van der Waals surface area contributed by atoms with E-state index in [0.717, 1.165) is 44.7 Å². The zero-order chi connectivity index (χ0) is 24.8. The Kier molecular flexibility index (Phi) is 8.95. The van der Waals surface area contributed by atoms with E-state index in [9.17, 15) is 14.4 Å². The maximum Gasteiger partial charge on any atom is 0.338 e. The number of carbonyl (C=O) groups is 3. The summed E-state index contributed by atoms with van der Waals surface area (Å²) in [6, 6.07) is 6.23. The summed E-state index contributed by atoms with van der Waals surface area (Å²) in [5, 5.41) is 0. The topological polar surface area (TPSA) is 70.2 Å². The van der Waals surface area contributed by atoms with Crippen molar-refractivity contribution in [2.75, 3.05) is 44.2 Å². The third-order valence-electron chi connectivity index (χ3n) is 8.03. The monoisotopic (exact) mass is 483 g/mol. The number of piperidine rings is 2. The molecule has 0 aromatic heterocycles. The molecule has 0 saturated carbocycles. The molecule has 7 nitrogen and oxygen atoms in total. The fourth-order valence-electron chi connectivity index (χ4n) is 5.52. The lowest BCUT2D eigenvalue weighted by Crippen LogP contribution is -2.46. The quantitative estimate of drug-likeness (QED) is 0.299. The minimum atomic E-state index is -0.375. The highest BCUT2D eigenvalue weighted by Crippen LogP contribution is 2.30. The molecular weight excluding hydrogens is 442 g/mol. The second-order valence-electron chi connectivity index (χ2n) is 10.6. The molecular formula is C28H41N3O4. The van der Waals surface area contributed by atoms with E-state index in [1.54, 1.807) is 24.3 Å². The zero-order valence-corrected chi connectivity index (χ0v) is 21.4. The van der Waals surface area contributed by atoms with E-state index >= 15 is 0 Å². The van der Waals surface area contributed by atoms with Crippen molar-refractivity contribution < 1.29 is 19.1 Å². The minimum Gasteiger partial charge on any atom is -0.462 e. The number of benzene rings is 1. The van der Waals surface area contributed by atoms with Crippen LogP contribution in [0, 0.1) is 11.8 Å². The molecule has 3 saturated heterocycles. The van der Waals surface area contributed by atoms with Gasteiger partial charge in [-0.25, -0.2) is 9.69 Å². The summed E-state index contributed by atoms with van der Waals surface area (Å²) in [7, 11) is 0. The molecule has 1 atom stereocenters. The van der Waals surface area contributed by atoms with E-state index in [0.29, 0.717) is 23.8 Å². The predicted octanol–water partition coefficient (Wildman–Crippen LogP) is 4.11. The smallest absolute Gasteiger partial charge is 0.338 e. The predicted molar refractivity (Wildman–Crippen MR) is 136 cm³/mol. The second kappa shape index (κ2) is 12.1. The number of esters is 1. The van der Waals surface area contributed by atoms with Crippen molar-refractivity contribution in [1.29, 1.82) is 0 Å². The average molecular weight is 484 g/mol. The minimum absolute atomic E-state index is 0.144. The largest absolute Gasteiger partial charge is 0.462 e. The van der Waals surface area contributed by atoms with E-state index in [2.05, 4.69) is 16.7 Å². The highest BCUT2D eigenvalue weighted by Gasteiger charge is 2.43. The molecule has 3 aliphatic rings. The standard InChI is InChI=1S/C28H41N3O4/c1-3-4-19-35-28(34)23-5-7-24(8-6-23)31-26(32)20-25(27(31)33)30-17-12-22(13-18-30)11-16-29-14-9-21(2)10-15-29/h5-8,21-22,25H,3-4,9-20H2,1-2H3/t25-/m1/s1. The van der Waals surface area contributed by atoms with Crippen molar-refractivity contribution in [3.63, 3.8) is 0 Å². The van der Waals surface area contributed by atoms with Gasteiger partial charge in [0.05, 0.1) is 30.3 Å². The first kappa shape index (κ1) is 25.8. The summed E-state index contributed by atoms with van der Waals surface area (Å²) in [5.41, 5.74) is 0.958. The van der Waals surface area contributed by atoms with Crippen molar-refractivity contribution in [3.05, 3.63) is 29.8 Å². The number of hydrogen-bond donors (Lipinski definition) is 0. The molecule has 4 rings (SSSR count). The SMILES string of the molecule is CCCCOC(=O)c1ccc(N2C(=O)C[C@@H](N3CCC(CCN4CCC(C)CC4)CC3)C2=O)cc1. The van der Waals surface area contributed by atoms with Crippen molar-refractivity contribution in [2.24, 2.45) is 11.8 Å². The van der Waals surface area contributed by atoms with Gasteiger partial charge in [-0.3, -0.25) is 14.5 Å². The summed E-state index contributed by atoms with van der Waals surface area (Å²) in [4.78, 5) is 44.2. The summed E-state index contributed by atoms with van der Waals surface area (Å²) in [6.45, 7) is 10.2. The van der Waals surface area contributed by atoms with Crippen LogP contribution in [0.1, 0.15) is 75.6 Å². The highest BCUT2D eigenvalue weighted by atomic mass is 16.5. The molecule has 2 amide bonds. The first-order valence-corrected chi connectivity index (χ1v) is 13.6. The van der Waals surface area contributed by atoms with Gasteiger partial charge in [0.15, 0.2) is 0 Å². The van der Waals surface area contributed by atoms with Gasteiger partial charge < -0.3 is 9.64 Å². The van der Waals surface area contributed by atoms with Crippen LogP contribution in [0.25, 0.3) is 0 Å². The number of rotatable bonds is 9. The molecule has 0 radical (unpaired) electrons. The maximum absolute atomic E-state index is 13.2. The van der Waals surface area contributed by atoms with Crippen LogP contribution in [0.4, 0.5) is 5.69 Å². The Labute approximate surface area is 209 Å². The van der Waals surface area contributed by atoms with Crippen LogP contribution in [0.15, 0.2) is 24.3 Å². The number of unbranched alkanes of at least 4 members (excludes halogenated alkanes) is 1. The lowest BCUT2D eigenvalue weighted by atomic mass is 9.91. The number of amides is 2. The van der Waals surface area contributed by atoms with E-state index in [-0.39, 0.29) is 30.2 Å². The van der Waals surface area contributed by atoms with Crippen LogP contribution >= 0.6 is 0 Å². The molecule has 0 spiro atoms. The van der Waals surface area contributed by atoms with Crippen molar-refractivity contribution >= 4 is 23.5 Å². The van der Waals surface area contributed by atoms with Gasteiger partial charge in [-0.2, -0.15) is 0 Å². The number of carbonyl (C=O) groups excluding carboxylic acids is 3. The van der Waals surface area contributed by atoms with Crippen molar-refractivity contribution in [2.45, 2.75) is 71.3 Å². The number of anilines is 1. The normalized spacial score (nSPS) is 23.3. The first-order chi connectivity index (χ1) is 17.0. The molecule has 3 heterocycles. The van der Waals surface area contributed by atoms with Crippen LogP contribution in [-0.4, -0.2) is 73.0 Å². The van der Waals surface area contributed by atoms with Crippen molar-refractivity contribution in [3.8, 4) is 0 Å². The Morgan fingerprint density at radius 1 is 1.00 bits per heavy atom. The Morgan fingerprint density at radius 3 is 2.34 bits per heavy atom. The third-order valence-corrected chi connectivity index (χ3v) is 8.03. The van der Waals surface area contributed by atoms with E-state index in [4.69, 9.17) is 4.74 Å². The highest BCUT2D eigenvalue weighted by molar-refractivity contribution is 6.22. The Balaban J connectivity index is 1.26. The molecule has 0 aliphatic carbocycles.